The van der Waals surface area contributed by atoms with Crippen molar-refractivity contribution in [3.8, 4) is 0 Å². The molecule has 2 aliphatic rings. The smallest absolute Gasteiger partial charge is 0.325 e. The summed E-state index contributed by atoms with van der Waals surface area (Å²) in [6, 6.07) is 15.0. The van der Waals surface area contributed by atoms with Crippen LogP contribution in [0.1, 0.15) is 25.7 Å². The van der Waals surface area contributed by atoms with Crippen molar-refractivity contribution in [3.05, 3.63) is 54.6 Å². The molecule has 0 atom stereocenters. The van der Waals surface area contributed by atoms with Gasteiger partial charge in [-0.1, -0.05) is 31.0 Å². The van der Waals surface area contributed by atoms with Crippen LogP contribution in [0.25, 0.3) is 0 Å². The van der Waals surface area contributed by atoms with Gasteiger partial charge in [0, 0.05) is 11.7 Å². The van der Waals surface area contributed by atoms with Crippen molar-refractivity contribution in [1.82, 2.24) is 9.80 Å². The summed E-state index contributed by atoms with van der Waals surface area (Å²) in [4.78, 5) is 51.1. The summed E-state index contributed by atoms with van der Waals surface area (Å²) in [6.07, 6.45) is 3.21. The maximum Gasteiger partial charge on any atom is 0.334 e. The summed E-state index contributed by atoms with van der Waals surface area (Å²) in [5.41, 5.74) is 1.80. The van der Waals surface area contributed by atoms with Crippen LogP contribution in [0.5, 0.6) is 0 Å². The van der Waals surface area contributed by atoms with E-state index in [-0.39, 0.29) is 6.04 Å². The van der Waals surface area contributed by atoms with Gasteiger partial charge in [0.05, 0.1) is 11.4 Å². The molecule has 0 bridgehead atoms. The van der Waals surface area contributed by atoms with E-state index in [1.54, 1.807) is 24.3 Å². The van der Waals surface area contributed by atoms with Crippen LogP contribution >= 0.6 is 0 Å². The molecule has 2 aromatic carbocycles. The molecule has 9 heteroatoms. The Kier molecular flexibility index (Phi) is 5.83. The third kappa shape index (κ3) is 4.50. The number of rotatable bonds is 6. The zero-order chi connectivity index (χ0) is 21.8. The fourth-order valence-corrected chi connectivity index (χ4v) is 3.71. The molecular formula is C22H21N5O4. The molecule has 0 unspecified atom stereocenters. The van der Waals surface area contributed by atoms with Gasteiger partial charge in [-0.2, -0.15) is 10.2 Å². The van der Waals surface area contributed by atoms with Crippen molar-refractivity contribution in [2.75, 3.05) is 11.9 Å². The number of azo groups is 1. The van der Waals surface area contributed by atoms with Gasteiger partial charge in [0.2, 0.25) is 5.91 Å². The molecule has 9 nitrogen and oxygen atoms in total. The second-order valence-electron chi connectivity index (χ2n) is 7.42. The van der Waals surface area contributed by atoms with E-state index < -0.39 is 30.3 Å². The Morgan fingerprint density at radius 3 is 2.13 bits per heavy atom. The Labute approximate surface area is 178 Å². The highest BCUT2D eigenvalue weighted by Crippen LogP contribution is 2.27. The molecule has 2 aromatic rings. The normalized spacial score (nSPS) is 17.2. The Balaban J connectivity index is 1.35. The number of benzene rings is 2. The molecule has 1 aliphatic carbocycles. The van der Waals surface area contributed by atoms with Crippen LogP contribution in [0.15, 0.2) is 64.8 Å². The summed E-state index contributed by atoms with van der Waals surface area (Å²) in [5.74, 6) is -2.37. The molecule has 31 heavy (non-hydrogen) atoms. The topological polar surface area (TPSA) is 112 Å². The van der Waals surface area contributed by atoms with Crippen LogP contribution in [-0.4, -0.2) is 46.1 Å². The Morgan fingerprint density at radius 1 is 0.871 bits per heavy atom. The van der Waals surface area contributed by atoms with Crippen LogP contribution in [0, 0.1) is 0 Å². The number of nitrogens with zero attached hydrogens (tertiary/aromatic N) is 4. The maximum atomic E-state index is 12.5. The molecule has 1 saturated heterocycles. The quantitative estimate of drug-likeness (QED) is 0.436. The molecule has 4 rings (SSSR count). The number of amides is 5. The number of carbonyl (C=O) groups is 4. The Bertz CT molecular complexity index is 1030. The third-order valence-electron chi connectivity index (χ3n) is 5.26. The lowest BCUT2D eigenvalue weighted by molar-refractivity contribution is -0.144. The maximum absolute atomic E-state index is 12.5. The van der Waals surface area contributed by atoms with Crippen molar-refractivity contribution in [2.45, 2.75) is 31.7 Å². The van der Waals surface area contributed by atoms with Gasteiger partial charge >= 0.3 is 17.8 Å². The average Bonchev–Trinajstić information content (AvgIpc) is 3.37. The standard InChI is InChI=1S/C22H21N5O4/c28-19(14-26-20(29)21(30)27(22(26)31)18-8-4-5-9-18)23-15-10-12-17(13-11-15)25-24-16-6-2-1-3-7-16/h1-3,6-7,10-13,18H,4-5,8-9,14H2,(H,23,28). The first-order chi connectivity index (χ1) is 15.0. The number of anilines is 1. The van der Waals surface area contributed by atoms with Crippen LogP contribution in [-0.2, 0) is 14.4 Å². The number of carbonyl (C=O) groups excluding carboxylic acids is 4. The molecule has 0 aromatic heterocycles. The molecule has 1 N–H and O–H groups in total. The second kappa shape index (κ2) is 8.86. The minimum atomic E-state index is -0.955. The van der Waals surface area contributed by atoms with Crippen molar-refractivity contribution >= 4 is 40.8 Å². The number of urea groups is 1. The summed E-state index contributed by atoms with van der Waals surface area (Å²) >= 11 is 0. The van der Waals surface area contributed by atoms with Crippen molar-refractivity contribution in [2.24, 2.45) is 10.2 Å². The van der Waals surface area contributed by atoms with Crippen molar-refractivity contribution in [3.63, 3.8) is 0 Å². The molecule has 2 fully saturated rings. The van der Waals surface area contributed by atoms with Gasteiger partial charge in [-0.25, -0.2) is 9.69 Å². The Morgan fingerprint density at radius 2 is 1.48 bits per heavy atom. The van der Waals surface area contributed by atoms with Gasteiger partial charge in [0.1, 0.15) is 6.54 Å². The summed E-state index contributed by atoms with van der Waals surface area (Å²) in [7, 11) is 0. The van der Waals surface area contributed by atoms with Gasteiger partial charge in [0.25, 0.3) is 0 Å². The molecule has 5 amide bonds. The molecule has 0 spiro atoms. The lowest BCUT2D eigenvalue weighted by atomic mass is 10.2. The molecule has 1 saturated carbocycles. The highest BCUT2D eigenvalue weighted by Gasteiger charge is 2.48. The fraction of sp³-hybridized carbons (Fsp3) is 0.273. The zero-order valence-corrected chi connectivity index (χ0v) is 16.7. The van der Waals surface area contributed by atoms with E-state index in [0.29, 0.717) is 29.1 Å². The van der Waals surface area contributed by atoms with E-state index in [2.05, 4.69) is 15.5 Å². The monoisotopic (exact) mass is 419 g/mol. The van der Waals surface area contributed by atoms with E-state index in [0.717, 1.165) is 23.4 Å². The van der Waals surface area contributed by atoms with Gasteiger partial charge in [-0.05, 0) is 49.2 Å². The fourth-order valence-electron chi connectivity index (χ4n) is 3.71. The van der Waals surface area contributed by atoms with Crippen LogP contribution in [0.3, 0.4) is 0 Å². The zero-order valence-electron chi connectivity index (χ0n) is 16.7. The highest BCUT2D eigenvalue weighted by molar-refractivity contribution is 6.45. The number of imide groups is 2. The van der Waals surface area contributed by atoms with Crippen molar-refractivity contribution < 1.29 is 19.2 Å². The summed E-state index contributed by atoms with van der Waals surface area (Å²) in [5, 5.41) is 10.9. The summed E-state index contributed by atoms with van der Waals surface area (Å²) < 4.78 is 0. The lowest BCUT2D eigenvalue weighted by Gasteiger charge is -2.20. The lowest BCUT2D eigenvalue weighted by Crippen LogP contribution is -2.41. The predicted molar refractivity (Wildman–Crippen MR) is 112 cm³/mol. The number of hydrogen-bond donors (Lipinski definition) is 1. The predicted octanol–water partition coefficient (Wildman–Crippen LogP) is 3.77. The molecule has 1 aliphatic heterocycles. The van der Waals surface area contributed by atoms with Gasteiger partial charge in [-0.15, -0.1) is 0 Å². The SMILES string of the molecule is O=C(CN1C(=O)C(=O)N(C2CCCC2)C1=O)Nc1ccc(N=Nc2ccccc2)cc1. The van der Waals surface area contributed by atoms with Gasteiger partial charge in [-0.3, -0.25) is 19.3 Å². The number of nitrogens with one attached hydrogen (secondary N) is 1. The second-order valence-corrected chi connectivity index (χ2v) is 7.42. The van der Waals surface area contributed by atoms with Crippen molar-refractivity contribution in [1.29, 1.82) is 0 Å². The molecule has 158 valence electrons. The van der Waals surface area contributed by atoms with E-state index in [1.807, 2.05) is 30.3 Å². The minimum Gasteiger partial charge on any atom is -0.325 e. The molecular weight excluding hydrogens is 398 g/mol. The van der Waals surface area contributed by atoms with Crippen LogP contribution in [0.4, 0.5) is 21.9 Å². The first-order valence-electron chi connectivity index (χ1n) is 10.1. The summed E-state index contributed by atoms with van der Waals surface area (Å²) in [6.45, 7) is -0.512. The molecule has 1 heterocycles. The largest absolute Gasteiger partial charge is 0.334 e. The highest BCUT2D eigenvalue weighted by atomic mass is 16.2. The van der Waals surface area contributed by atoms with Gasteiger partial charge < -0.3 is 5.32 Å². The Hall–Kier alpha value is -3.88. The third-order valence-corrected chi connectivity index (χ3v) is 5.26. The van der Waals surface area contributed by atoms with E-state index >= 15 is 0 Å². The number of hydrogen-bond acceptors (Lipinski definition) is 6. The molecule has 0 radical (unpaired) electrons. The van der Waals surface area contributed by atoms with E-state index in [4.69, 9.17) is 0 Å². The minimum absolute atomic E-state index is 0.255. The van der Waals surface area contributed by atoms with Gasteiger partial charge in [0.15, 0.2) is 0 Å². The first-order valence-corrected chi connectivity index (χ1v) is 10.1. The van der Waals surface area contributed by atoms with E-state index in [1.165, 1.54) is 0 Å². The van der Waals surface area contributed by atoms with Crippen LogP contribution in [0.2, 0.25) is 0 Å². The first kappa shape index (κ1) is 20.4. The van der Waals surface area contributed by atoms with E-state index in [9.17, 15) is 19.2 Å². The van der Waals surface area contributed by atoms with Crippen LogP contribution < -0.4 is 5.32 Å². The average molecular weight is 419 g/mol.